The molecule has 1 aromatic carbocycles. The van der Waals surface area contributed by atoms with E-state index in [-0.39, 0.29) is 0 Å². The zero-order valence-corrected chi connectivity index (χ0v) is 14.2. The molecule has 0 bridgehead atoms. The number of nitrogens with zero attached hydrogens (tertiary/aromatic N) is 2. The van der Waals surface area contributed by atoms with Crippen LogP contribution >= 0.6 is 0 Å². The molecule has 132 valence electrons. The van der Waals surface area contributed by atoms with Crippen molar-refractivity contribution in [3.8, 4) is 0 Å². The molecule has 5 nitrogen and oxygen atoms in total. The van der Waals surface area contributed by atoms with E-state index < -0.39 is 18.0 Å². The van der Waals surface area contributed by atoms with E-state index in [1.54, 1.807) is 0 Å². The number of β-amino-alcohol motifs (C(OH)–C–C–N with tert-alkyl or cyclic N) is 1. The van der Waals surface area contributed by atoms with Gasteiger partial charge in [0.15, 0.2) is 0 Å². The van der Waals surface area contributed by atoms with Gasteiger partial charge in [-0.05, 0) is 50.9 Å². The largest absolute Gasteiger partial charge is 0.481 e. The molecule has 2 aliphatic rings. The monoisotopic (exact) mass is 332 g/mol. The lowest BCUT2D eigenvalue weighted by Gasteiger charge is -2.42. The van der Waals surface area contributed by atoms with Crippen molar-refractivity contribution in [2.75, 3.05) is 32.7 Å². The Morgan fingerprint density at radius 3 is 2.42 bits per heavy atom. The number of hydrogen-bond donors (Lipinski definition) is 2. The summed E-state index contributed by atoms with van der Waals surface area (Å²) in [6, 6.07) is 11.1. The third-order valence-corrected chi connectivity index (χ3v) is 5.56. The van der Waals surface area contributed by atoms with E-state index in [0.29, 0.717) is 19.0 Å². The second-order valence-corrected chi connectivity index (χ2v) is 7.10. The van der Waals surface area contributed by atoms with E-state index in [1.807, 2.05) is 0 Å². The van der Waals surface area contributed by atoms with Gasteiger partial charge in [-0.3, -0.25) is 9.69 Å². The molecule has 0 saturated carbocycles. The van der Waals surface area contributed by atoms with Crippen molar-refractivity contribution in [3.05, 3.63) is 35.9 Å². The van der Waals surface area contributed by atoms with Crippen LogP contribution in [0.25, 0.3) is 0 Å². The Balaban J connectivity index is 1.41. The van der Waals surface area contributed by atoms with Crippen LogP contribution in [0.4, 0.5) is 0 Å². The fraction of sp³-hybridized carbons (Fsp3) is 0.632. The van der Waals surface area contributed by atoms with Crippen LogP contribution in [-0.2, 0) is 11.2 Å². The van der Waals surface area contributed by atoms with Crippen LogP contribution < -0.4 is 0 Å². The minimum Gasteiger partial charge on any atom is -0.481 e. The SMILES string of the molecule is O=C(O)[C@H]1CCN(C2CCN(CCc3ccccc3)CC2)C[C@H]1O. The Kier molecular flexibility index (Phi) is 5.87. The summed E-state index contributed by atoms with van der Waals surface area (Å²) >= 11 is 0. The first-order chi connectivity index (χ1) is 11.6. The summed E-state index contributed by atoms with van der Waals surface area (Å²) in [5.74, 6) is -1.45. The van der Waals surface area contributed by atoms with E-state index in [1.165, 1.54) is 5.56 Å². The maximum absolute atomic E-state index is 11.1. The normalized spacial score (nSPS) is 27.2. The summed E-state index contributed by atoms with van der Waals surface area (Å²) in [5, 5.41) is 19.2. The number of aliphatic hydroxyl groups excluding tert-OH is 1. The summed E-state index contributed by atoms with van der Waals surface area (Å²) in [5.41, 5.74) is 1.39. The third kappa shape index (κ3) is 4.35. The predicted octanol–water partition coefficient (Wildman–Crippen LogP) is 1.46. The van der Waals surface area contributed by atoms with Gasteiger partial charge in [0.05, 0.1) is 12.0 Å². The smallest absolute Gasteiger partial charge is 0.309 e. The number of carboxylic acids is 1. The van der Waals surface area contributed by atoms with Crippen molar-refractivity contribution >= 4 is 5.97 Å². The average molecular weight is 332 g/mol. The average Bonchev–Trinajstić information content (AvgIpc) is 2.61. The van der Waals surface area contributed by atoms with Gasteiger partial charge in [0, 0.05) is 19.1 Å². The minimum absolute atomic E-state index is 0.488. The second-order valence-electron chi connectivity index (χ2n) is 7.10. The maximum Gasteiger partial charge on any atom is 0.309 e. The molecular weight excluding hydrogens is 304 g/mol. The summed E-state index contributed by atoms with van der Waals surface area (Å²) in [6.45, 7) is 4.58. The molecule has 2 aliphatic heterocycles. The Labute approximate surface area is 143 Å². The van der Waals surface area contributed by atoms with Gasteiger partial charge in [0.25, 0.3) is 0 Å². The van der Waals surface area contributed by atoms with Gasteiger partial charge in [0.1, 0.15) is 0 Å². The molecule has 0 aromatic heterocycles. The standard InChI is InChI=1S/C19H28N2O3/c22-18-14-21(13-9-17(18)19(23)24)16-7-11-20(12-8-16)10-6-15-4-2-1-3-5-15/h1-5,16-18,22H,6-14H2,(H,23,24)/t17-,18+/m0/s1. The summed E-state index contributed by atoms with van der Waals surface area (Å²) in [6.07, 6.45) is 3.14. The minimum atomic E-state index is -0.863. The molecule has 2 N–H and O–H groups in total. The Morgan fingerprint density at radius 2 is 1.79 bits per heavy atom. The molecule has 0 spiro atoms. The number of carbonyl (C=O) groups is 1. The van der Waals surface area contributed by atoms with Gasteiger partial charge >= 0.3 is 5.97 Å². The first-order valence-corrected chi connectivity index (χ1v) is 9.04. The molecule has 2 atom stereocenters. The topological polar surface area (TPSA) is 64.0 Å². The highest BCUT2D eigenvalue weighted by Gasteiger charge is 2.36. The van der Waals surface area contributed by atoms with Crippen LogP contribution in [-0.4, -0.2) is 70.9 Å². The number of aliphatic carboxylic acids is 1. The third-order valence-electron chi connectivity index (χ3n) is 5.56. The van der Waals surface area contributed by atoms with Gasteiger partial charge in [-0.15, -0.1) is 0 Å². The second kappa shape index (κ2) is 8.10. The Hall–Kier alpha value is -1.43. The molecule has 24 heavy (non-hydrogen) atoms. The molecule has 2 saturated heterocycles. The molecule has 0 unspecified atom stereocenters. The van der Waals surface area contributed by atoms with Crippen molar-refractivity contribution in [1.82, 2.24) is 9.80 Å². The van der Waals surface area contributed by atoms with Gasteiger partial charge in [0.2, 0.25) is 0 Å². The zero-order chi connectivity index (χ0) is 16.9. The number of carboxylic acid groups (broad SMARTS) is 1. The molecule has 5 heteroatoms. The van der Waals surface area contributed by atoms with Crippen LogP contribution in [0.3, 0.4) is 0 Å². The van der Waals surface area contributed by atoms with E-state index >= 15 is 0 Å². The lowest BCUT2D eigenvalue weighted by Crippen LogP contribution is -2.53. The van der Waals surface area contributed by atoms with E-state index in [0.717, 1.165) is 45.4 Å². The number of hydrogen-bond acceptors (Lipinski definition) is 4. The highest BCUT2D eigenvalue weighted by molar-refractivity contribution is 5.70. The van der Waals surface area contributed by atoms with E-state index in [4.69, 9.17) is 5.11 Å². The highest BCUT2D eigenvalue weighted by atomic mass is 16.4. The van der Waals surface area contributed by atoms with Crippen LogP contribution in [0.15, 0.2) is 30.3 Å². The van der Waals surface area contributed by atoms with Crippen molar-refractivity contribution in [1.29, 1.82) is 0 Å². The van der Waals surface area contributed by atoms with E-state index in [9.17, 15) is 9.90 Å². The Morgan fingerprint density at radius 1 is 1.08 bits per heavy atom. The highest BCUT2D eigenvalue weighted by Crippen LogP contribution is 2.24. The Bertz CT molecular complexity index is 529. The van der Waals surface area contributed by atoms with Crippen LogP contribution in [0.5, 0.6) is 0 Å². The maximum atomic E-state index is 11.1. The molecule has 0 amide bonds. The van der Waals surface area contributed by atoms with Gasteiger partial charge in [-0.2, -0.15) is 0 Å². The van der Waals surface area contributed by atoms with Crippen molar-refractivity contribution in [2.45, 2.75) is 37.8 Å². The van der Waals surface area contributed by atoms with Crippen LogP contribution in [0.1, 0.15) is 24.8 Å². The molecule has 1 aromatic rings. The summed E-state index contributed by atoms with van der Waals surface area (Å²) < 4.78 is 0. The van der Waals surface area contributed by atoms with E-state index in [2.05, 4.69) is 40.1 Å². The molecule has 3 rings (SSSR count). The number of benzene rings is 1. The van der Waals surface area contributed by atoms with Gasteiger partial charge in [-0.25, -0.2) is 0 Å². The molecule has 0 radical (unpaired) electrons. The molecular formula is C19H28N2O3. The zero-order valence-electron chi connectivity index (χ0n) is 14.2. The van der Waals surface area contributed by atoms with Crippen LogP contribution in [0.2, 0.25) is 0 Å². The van der Waals surface area contributed by atoms with Crippen molar-refractivity contribution in [3.63, 3.8) is 0 Å². The lowest BCUT2D eigenvalue weighted by atomic mass is 9.91. The number of likely N-dealkylation sites (tertiary alicyclic amines) is 2. The quantitative estimate of drug-likeness (QED) is 0.855. The van der Waals surface area contributed by atoms with Crippen LogP contribution in [0, 0.1) is 5.92 Å². The fourth-order valence-corrected chi connectivity index (χ4v) is 4.02. The molecule has 2 fully saturated rings. The summed E-state index contributed by atoms with van der Waals surface area (Å²) in [7, 11) is 0. The first-order valence-electron chi connectivity index (χ1n) is 9.04. The summed E-state index contributed by atoms with van der Waals surface area (Å²) in [4.78, 5) is 15.9. The van der Waals surface area contributed by atoms with Crippen molar-refractivity contribution < 1.29 is 15.0 Å². The number of piperidine rings is 2. The fourth-order valence-electron chi connectivity index (χ4n) is 4.02. The van der Waals surface area contributed by atoms with Gasteiger partial charge in [-0.1, -0.05) is 30.3 Å². The molecule has 0 aliphatic carbocycles. The molecule has 2 heterocycles. The predicted molar refractivity (Wildman–Crippen MR) is 92.9 cm³/mol. The van der Waals surface area contributed by atoms with Crippen molar-refractivity contribution in [2.24, 2.45) is 5.92 Å². The number of rotatable bonds is 5. The first kappa shape index (κ1) is 17.4. The number of aliphatic hydroxyl groups is 1. The van der Waals surface area contributed by atoms with Gasteiger partial charge < -0.3 is 15.1 Å². The lowest BCUT2D eigenvalue weighted by molar-refractivity contribution is -0.149.